The summed E-state index contributed by atoms with van der Waals surface area (Å²) >= 11 is 0. The maximum atomic E-state index is 12.8. The van der Waals surface area contributed by atoms with Crippen LogP contribution in [-0.4, -0.2) is 101 Å². The molecule has 0 saturated heterocycles. The number of nitrogens with zero attached hydrogens (tertiary/aromatic N) is 2. The number of carbonyl (C=O) groups is 8. The molecule has 0 heterocycles. The second-order valence-electron chi connectivity index (χ2n) is 19.5. The van der Waals surface area contributed by atoms with Crippen LogP contribution < -0.4 is 9.80 Å². The number of hydrogen-bond acceptors (Lipinski definition) is 18. The number of hydrogen-bond donors (Lipinski definition) is 0. The lowest BCUT2D eigenvalue weighted by Crippen LogP contribution is -2.16. The van der Waals surface area contributed by atoms with Gasteiger partial charge < -0.3 is 47.7 Å². The van der Waals surface area contributed by atoms with Crippen molar-refractivity contribution in [3.63, 3.8) is 0 Å². The van der Waals surface area contributed by atoms with Gasteiger partial charge in [-0.3, -0.25) is 19.2 Å². The van der Waals surface area contributed by atoms with Crippen LogP contribution in [0.2, 0.25) is 0 Å². The summed E-state index contributed by atoms with van der Waals surface area (Å²) in [5, 5.41) is 0. The first-order chi connectivity index (χ1) is 42.4. The largest absolute Gasteiger partial charge is 0.463 e. The number of benzene rings is 6. The van der Waals surface area contributed by atoms with Gasteiger partial charge in [-0.15, -0.1) is 0 Å². The number of anilines is 6. The van der Waals surface area contributed by atoms with Crippen molar-refractivity contribution >= 4 is 94.0 Å². The summed E-state index contributed by atoms with van der Waals surface area (Å²) in [6.07, 6.45) is 3.76. The van der Waals surface area contributed by atoms with E-state index in [4.69, 9.17) is 37.9 Å². The van der Waals surface area contributed by atoms with E-state index >= 15 is 0 Å². The number of esters is 8. The van der Waals surface area contributed by atoms with Crippen LogP contribution in [0, 0.1) is 0 Å². The Bertz CT molecular complexity index is 3080. The SMILES string of the molecule is C=C(COC(=O)Cc1ccc(N(c2ccc(/C=C/c3ccc(N(c4ccc(CC(=O)OCC(=C)C(=O)OCC)cc4)c4ccc(CC(=O)OCC(=C)C(=O)OCC)cc4)cc3)cc2)c2ccc(CC(=O)OCC(=C)C(=O)OCC)cc2)cc1)C(=O)OCC. The fourth-order valence-electron chi connectivity index (χ4n) is 8.32. The molecule has 0 aliphatic carbocycles. The highest BCUT2D eigenvalue weighted by Crippen LogP contribution is 2.37. The zero-order valence-electron chi connectivity index (χ0n) is 49.8. The molecule has 0 aromatic heterocycles. The fraction of sp³-hybridized carbons (Fsp3) is 0.229. The molecule has 0 saturated carbocycles. The number of rotatable bonds is 32. The lowest BCUT2D eigenvalue weighted by molar-refractivity contribution is -0.145. The van der Waals surface area contributed by atoms with Crippen molar-refractivity contribution in [2.24, 2.45) is 0 Å². The second-order valence-corrected chi connectivity index (χ2v) is 19.5. The highest BCUT2D eigenvalue weighted by Gasteiger charge is 2.20. The molecule has 0 aliphatic heterocycles. The molecule has 0 N–H and O–H groups in total. The van der Waals surface area contributed by atoms with E-state index in [0.29, 0.717) is 22.3 Å². The maximum absolute atomic E-state index is 12.8. The van der Waals surface area contributed by atoms with Crippen LogP contribution in [0.5, 0.6) is 0 Å². The van der Waals surface area contributed by atoms with E-state index in [9.17, 15) is 38.4 Å². The van der Waals surface area contributed by atoms with Gasteiger partial charge in [-0.1, -0.05) is 111 Å². The Hall–Kier alpha value is -10.6. The van der Waals surface area contributed by atoms with Crippen LogP contribution in [0.3, 0.4) is 0 Å². The maximum Gasteiger partial charge on any atom is 0.336 e. The minimum absolute atomic E-state index is 0.0308. The van der Waals surface area contributed by atoms with E-state index in [1.807, 2.05) is 168 Å². The van der Waals surface area contributed by atoms with E-state index in [2.05, 4.69) is 26.3 Å². The van der Waals surface area contributed by atoms with Crippen molar-refractivity contribution in [1.29, 1.82) is 0 Å². The molecule has 18 heteroatoms. The predicted molar refractivity (Wildman–Crippen MR) is 333 cm³/mol. The molecular formula is C70H70N2O16. The van der Waals surface area contributed by atoms with Gasteiger partial charge in [0.15, 0.2) is 0 Å². The third-order valence-electron chi connectivity index (χ3n) is 12.8. The smallest absolute Gasteiger partial charge is 0.336 e. The van der Waals surface area contributed by atoms with Gasteiger partial charge in [-0.2, -0.15) is 0 Å². The second kappa shape index (κ2) is 33.8. The quantitative estimate of drug-likeness (QED) is 0.0166. The molecule has 0 atom stereocenters. The standard InChI is InChI=1S/C70H70N2O16/c1-9-81-67(77)47(5)43-85-63(73)39-53-19-31-59(32-20-53)71(60-33-21-54(22-34-60)40-64(74)86-44-48(6)68(78)82-10-2)57-27-15-51(16-28-57)13-14-52-17-29-58(30-18-52)72(61-35-23-55(24-36-61)41-65(75)87-45-49(7)69(79)83-11-3)62-37-25-56(26-38-62)42-66(76)88-46-50(8)70(80)84-12-4/h13-38H,5-12,39-46H2,1-4H3/b14-13+. The van der Waals surface area contributed by atoms with Crippen molar-refractivity contribution in [2.45, 2.75) is 53.4 Å². The van der Waals surface area contributed by atoms with Crippen molar-refractivity contribution in [3.8, 4) is 0 Å². The normalized spacial score (nSPS) is 10.6. The molecular weight excluding hydrogens is 1120 g/mol. The summed E-state index contributed by atoms with van der Waals surface area (Å²) in [7, 11) is 0. The van der Waals surface area contributed by atoms with Crippen LogP contribution in [0.4, 0.5) is 34.1 Å². The molecule has 0 unspecified atom stereocenters. The summed E-state index contributed by atoms with van der Waals surface area (Å²) < 4.78 is 40.9. The zero-order chi connectivity index (χ0) is 63.5. The van der Waals surface area contributed by atoms with Crippen LogP contribution in [0.15, 0.2) is 194 Å². The average Bonchev–Trinajstić information content (AvgIpc) is 3.67. The average molecular weight is 1200 g/mol. The molecule has 18 nitrogen and oxygen atoms in total. The minimum atomic E-state index is -0.634. The lowest BCUT2D eigenvalue weighted by atomic mass is 10.1. The molecule has 0 fully saturated rings. The summed E-state index contributed by atoms with van der Waals surface area (Å²) in [6.45, 7) is 20.8. The van der Waals surface area contributed by atoms with E-state index in [1.54, 1.807) is 27.7 Å². The van der Waals surface area contributed by atoms with Crippen LogP contribution in [-0.2, 0) is 102 Å². The molecule has 0 aliphatic rings. The summed E-state index contributed by atoms with van der Waals surface area (Å²) in [5.74, 6) is -4.72. The summed E-state index contributed by atoms with van der Waals surface area (Å²) in [4.78, 5) is 103. The third kappa shape index (κ3) is 20.6. The fourth-order valence-corrected chi connectivity index (χ4v) is 8.32. The topological polar surface area (TPSA) is 217 Å². The van der Waals surface area contributed by atoms with E-state index < -0.39 is 47.8 Å². The lowest BCUT2D eigenvalue weighted by Gasteiger charge is -2.26. The van der Waals surface area contributed by atoms with Gasteiger partial charge in [0.1, 0.15) is 26.4 Å². The molecule has 0 amide bonds. The van der Waals surface area contributed by atoms with Crippen LogP contribution in [0.25, 0.3) is 12.2 Å². The van der Waals surface area contributed by atoms with Crippen molar-refractivity contribution in [2.75, 3.05) is 62.7 Å². The number of carbonyl (C=O) groups excluding carboxylic acids is 8. The van der Waals surface area contributed by atoms with Gasteiger partial charge in [0.05, 0.1) is 74.4 Å². The van der Waals surface area contributed by atoms with Gasteiger partial charge in [0.25, 0.3) is 0 Å². The minimum Gasteiger partial charge on any atom is -0.463 e. The molecule has 0 spiro atoms. The Morgan fingerprint density at radius 2 is 0.477 bits per heavy atom. The first-order valence-electron chi connectivity index (χ1n) is 28.2. The van der Waals surface area contributed by atoms with E-state index in [0.717, 1.165) is 45.3 Å². The van der Waals surface area contributed by atoms with Gasteiger partial charge in [-0.05, 0) is 134 Å². The number of ether oxygens (including phenoxy) is 8. The Balaban J connectivity index is 1.21. The van der Waals surface area contributed by atoms with Gasteiger partial charge >= 0.3 is 47.8 Å². The molecule has 456 valence electrons. The van der Waals surface area contributed by atoms with Gasteiger partial charge in [0.2, 0.25) is 0 Å². The van der Waals surface area contributed by atoms with Crippen LogP contribution in [0.1, 0.15) is 61.1 Å². The molecule has 0 radical (unpaired) electrons. The molecule has 6 aromatic carbocycles. The molecule has 0 bridgehead atoms. The predicted octanol–water partition coefficient (Wildman–Crippen LogP) is 11.6. The first-order valence-corrected chi connectivity index (χ1v) is 28.2. The highest BCUT2D eigenvalue weighted by molar-refractivity contribution is 5.91. The van der Waals surface area contributed by atoms with Crippen LogP contribution >= 0.6 is 0 Å². The first kappa shape index (κ1) is 66.5. The van der Waals surface area contributed by atoms with Gasteiger partial charge in [-0.25, -0.2) is 19.2 Å². The summed E-state index contributed by atoms with van der Waals surface area (Å²) in [5.41, 5.74) is 9.23. The Morgan fingerprint density at radius 3 is 0.659 bits per heavy atom. The van der Waals surface area contributed by atoms with Crippen molar-refractivity contribution in [1.82, 2.24) is 0 Å². The van der Waals surface area contributed by atoms with E-state index in [-0.39, 0.29) is 101 Å². The Kier molecular flexibility index (Phi) is 25.5. The molecule has 6 rings (SSSR count). The van der Waals surface area contributed by atoms with E-state index in [1.165, 1.54) is 0 Å². The molecule has 88 heavy (non-hydrogen) atoms. The van der Waals surface area contributed by atoms with Crippen molar-refractivity contribution < 1.29 is 76.3 Å². The molecule has 6 aromatic rings. The van der Waals surface area contributed by atoms with Crippen molar-refractivity contribution in [3.05, 3.63) is 228 Å². The highest BCUT2D eigenvalue weighted by atomic mass is 16.6. The van der Waals surface area contributed by atoms with Gasteiger partial charge in [0, 0.05) is 34.1 Å². The zero-order valence-corrected chi connectivity index (χ0v) is 49.8. The Morgan fingerprint density at radius 1 is 0.295 bits per heavy atom. The monoisotopic (exact) mass is 1190 g/mol. The third-order valence-corrected chi connectivity index (χ3v) is 12.8. The summed E-state index contributed by atoms with van der Waals surface area (Å²) in [6, 6.07) is 45.2. The Labute approximate surface area is 511 Å².